The van der Waals surface area contributed by atoms with E-state index in [-0.39, 0.29) is 17.3 Å². The number of carbonyl (C=O) groups is 1. The van der Waals surface area contributed by atoms with Crippen molar-refractivity contribution < 1.29 is 13.9 Å². The minimum atomic E-state index is -0.435. The molecule has 16 heavy (non-hydrogen) atoms. The number of hydrogen-bond donors (Lipinski definition) is 0. The summed E-state index contributed by atoms with van der Waals surface area (Å²) in [4.78, 5) is 11.9. The number of ketones is 1. The first-order valence-corrected chi connectivity index (χ1v) is 5.60. The van der Waals surface area contributed by atoms with Crippen LogP contribution >= 0.6 is 11.6 Å². The van der Waals surface area contributed by atoms with Gasteiger partial charge in [0.15, 0.2) is 5.78 Å². The van der Waals surface area contributed by atoms with Gasteiger partial charge in [-0.2, -0.15) is 0 Å². The number of benzene rings is 1. The van der Waals surface area contributed by atoms with Gasteiger partial charge in [-0.25, -0.2) is 4.39 Å². The lowest BCUT2D eigenvalue weighted by Crippen LogP contribution is -2.09. The highest BCUT2D eigenvalue weighted by Crippen LogP contribution is 2.23. The van der Waals surface area contributed by atoms with Crippen molar-refractivity contribution in [2.45, 2.75) is 12.8 Å². The molecule has 0 N–H and O–H groups in total. The Morgan fingerprint density at radius 2 is 2.38 bits per heavy atom. The third-order valence-electron chi connectivity index (χ3n) is 2.73. The summed E-state index contributed by atoms with van der Waals surface area (Å²) >= 11 is 5.86. The molecule has 1 aliphatic heterocycles. The zero-order valence-electron chi connectivity index (χ0n) is 8.71. The first-order valence-electron chi connectivity index (χ1n) is 5.23. The number of hydrogen-bond acceptors (Lipinski definition) is 2. The van der Waals surface area contributed by atoms with E-state index in [0.29, 0.717) is 24.7 Å². The second kappa shape index (κ2) is 4.93. The van der Waals surface area contributed by atoms with Gasteiger partial charge >= 0.3 is 0 Å². The van der Waals surface area contributed by atoms with Crippen molar-refractivity contribution in [1.82, 2.24) is 0 Å². The van der Waals surface area contributed by atoms with E-state index in [2.05, 4.69) is 0 Å². The molecule has 1 aliphatic rings. The Balaban J connectivity index is 2.10. The molecule has 0 spiro atoms. The fourth-order valence-corrected chi connectivity index (χ4v) is 2.05. The highest BCUT2D eigenvalue weighted by atomic mass is 35.5. The molecule has 0 amide bonds. The molecular weight excluding hydrogens is 231 g/mol. The fraction of sp³-hybridized carbons (Fsp3) is 0.417. The van der Waals surface area contributed by atoms with Gasteiger partial charge in [0.1, 0.15) is 5.82 Å². The predicted molar refractivity (Wildman–Crippen MR) is 59.3 cm³/mol. The van der Waals surface area contributed by atoms with Crippen LogP contribution in [0.3, 0.4) is 0 Å². The van der Waals surface area contributed by atoms with Crippen LogP contribution < -0.4 is 0 Å². The number of Topliss-reactive ketones (excluding diaryl/α,β-unsaturated/α-hetero) is 1. The SMILES string of the molecule is O=C(CC1CCOC1)c1cc(F)ccc1Cl. The molecule has 0 aliphatic carbocycles. The molecule has 0 radical (unpaired) electrons. The lowest BCUT2D eigenvalue weighted by molar-refractivity contribution is 0.0952. The Kier molecular flexibility index (Phi) is 3.56. The zero-order valence-corrected chi connectivity index (χ0v) is 9.47. The van der Waals surface area contributed by atoms with Gasteiger partial charge < -0.3 is 4.74 Å². The van der Waals surface area contributed by atoms with E-state index in [9.17, 15) is 9.18 Å². The molecule has 1 fully saturated rings. The van der Waals surface area contributed by atoms with E-state index < -0.39 is 5.82 Å². The molecule has 86 valence electrons. The number of carbonyl (C=O) groups excluding carboxylic acids is 1. The Morgan fingerprint density at radius 1 is 1.56 bits per heavy atom. The monoisotopic (exact) mass is 242 g/mol. The highest BCUT2D eigenvalue weighted by molar-refractivity contribution is 6.33. The van der Waals surface area contributed by atoms with Crippen molar-refractivity contribution in [3.63, 3.8) is 0 Å². The van der Waals surface area contributed by atoms with E-state index in [0.717, 1.165) is 6.42 Å². The van der Waals surface area contributed by atoms with Gasteiger partial charge in [-0.05, 0) is 30.5 Å². The minimum Gasteiger partial charge on any atom is -0.381 e. The van der Waals surface area contributed by atoms with Crippen LogP contribution in [0, 0.1) is 11.7 Å². The second-order valence-electron chi connectivity index (χ2n) is 3.98. The van der Waals surface area contributed by atoms with Crippen LogP contribution in [-0.2, 0) is 4.74 Å². The van der Waals surface area contributed by atoms with Crippen molar-refractivity contribution in [3.8, 4) is 0 Å². The molecule has 1 aromatic rings. The normalized spacial score (nSPS) is 20.0. The predicted octanol–water partition coefficient (Wildman–Crippen LogP) is 3.09. The summed E-state index contributed by atoms with van der Waals surface area (Å²) in [5.74, 6) is -0.303. The van der Waals surface area contributed by atoms with Crippen LogP contribution in [0.5, 0.6) is 0 Å². The van der Waals surface area contributed by atoms with Crippen molar-refractivity contribution in [1.29, 1.82) is 0 Å². The highest BCUT2D eigenvalue weighted by Gasteiger charge is 2.21. The Hall–Kier alpha value is -0.930. The topological polar surface area (TPSA) is 26.3 Å². The molecule has 1 atom stereocenters. The van der Waals surface area contributed by atoms with Crippen molar-refractivity contribution in [2.24, 2.45) is 5.92 Å². The molecule has 0 aromatic heterocycles. The number of rotatable bonds is 3. The minimum absolute atomic E-state index is 0.111. The van der Waals surface area contributed by atoms with Crippen LogP contribution in [0.1, 0.15) is 23.2 Å². The third kappa shape index (κ3) is 2.60. The summed E-state index contributed by atoms with van der Waals surface area (Å²) in [5.41, 5.74) is 0.272. The maximum atomic E-state index is 13.0. The average Bonchev–Trinajstić information content (AvgIpc) is 2.74. The fourth-order valence-electron chi connectivity index (χ4n) is 1.83. The number of halogens is 2. The van der Waals surface area contributed by atoms with E-state index in [1.165, 1.54) is 18.2 Å². The summed E-state index contributed by atoms with van der Waals surface area (Å²) in [5, 5.41) is 0.310. The van der Waals surface area contributed by atoms with Gasteiger partial charge in [0.25, 0.3) is 0 Å². The standard InChI is InChI=1S/C12H12ClFO2/c13-11-2-1-9(14)6-10(11)12(15)5-8-3-4-16-7-8/h1-2,6,8H,3-5,7H2. The van der Waals surface area contributed by atoms with Crippen molar-refractivity contribution in [2.75, 3.05) is 13.2 Å². The van der Waals surface area contributed by atoms with Crippen molar-refractivity contribution >= 4 is 17.4 Å². The number of ether oxygens (including phenoxy) is 1. The zero-order chi connectivity index (χ0) is 11.5. The Morgan fingerprint density at radius 3 is 3.06 bits per heavy atom. The molecule has 2 nitrogen and oxygen atoms in total. The van der Waals surface area contributed by atoms with Crippen LogP contribution in [-0.4, -0.2) is 19.0 Å². The van der Waals surface area contributed by atoms with Crippen LogP contribution in [0.15, 0.2) is 18.2 Å². The summed E-state index contributed by atoms with van der Waals surface area (Å²) < 4.78 is 18.2. The maximum Gasteiger partial charge on any atom is 0.164 e. The largest absolute Gasteiger partial charge is 0.381 e. The second-order valence-corrected chi connectivity index (χ2v) is 4.39. The van der Waals surface area contributed by atoms with Crippen LogP contribution in [0.2, 0.25) is 5.02 Å². The van der Waals surface area contributed by atoms with Gasteiger partial charge in [-0.15, -0.1) is 0 Å². The Labute approximate surface area is 98.4 Å². The molecule has 1 saturated heterocycles. The van der Waals surface area contributed by atoms with E-state index in [1.807, 2.05) is 0 Å². The molecule has 1 unspecified atom stereocenters. The molecule has 1 heterocycles. The van der Waals surface area contributed by atoms with Gasteiger partial charge in [0.05, 0.1) is 5.02 Å². The lowest BCUT2D eigenvalue weighted by atomic mass is 9.98. The molecule has 2 rings (SSSR count). The van der Waals surface area contributed by atoms with E-state index >= 15 is 0 Å². The molecule has 1 aromatic carbocycles. The van der Waals surface area contributed by atoms with Gasteiger partial charge in [-0.3, -0.25) is 4.79 Å². The summed E-state index contributed by atoms with van der Waals surface area (Å²) in [6.07, 6.45) is 1.27. The molecule has 0 saturated carbocycles. The van der Waals surface area contributed by atoms with Gasteiger partial charge in [0.2, 0.25) is 0 Å². The summed E-state index contributed by atoms with van der Waals surface area (Å²) in [6.45, 7) is 1.31. The maximum absolute atomic E-state index is 13.0. The Bertz CT molecular complexity index is 400. The summed E-state index contributed by atoms with van der Waals surface area (Å²) in [6, 6.07) is 3.85. The van der Waals surface area contributed by atoms with Gasteiger partial charge in [0, 0.05) is 25.2 Å². The van der Waals surface area contributed by atoms with Crippen LogP contribution in [0.25, 0.3) is 0 Å². The van der Waals surface area contributed by atoms with E-state index in [4.69, 9.17) is 16.3 Å². The molecule has 4 heteroatoms. The average molecular weight is 243 g/mol. The summed E-state index contributed by atoms with van der Waals surface area (Å²) in [7, 11) is 0. The van der Waals surface area contributed by atoms with Crippen LogP contribution in [0.4, 0.5) is 4.39 Å². The first-order chi connectivity index (χ1) is 7.66. The third-order valence-corrected chi connectivity index (χ3v) is 3.06. The van der Waals surface area contributed by atoms with Gasteiger partial charge in [-0.1, -0.05) is 11.6 Å². The molecule has 0 bridgehead atoms. The smallest absolute Gasteiger partial charge is 0.164 e. The van der Waals surface area contributed by atoms with Crippen molar-refractivity contribution in [3.05, 3.63) is 34.6 Å². The lowest BCUT2D eigenvalue weighted by Gasteiger charge is -2.07. The van der Waals surface area contributed by atoms with E-state index in [1.54, 1.807) is 0 Å². The quantitative estimate of drug-likeness (QED) is 0.762. The first kappa shape index (κ1) is 11.6. The molecular formula is C12H12ClFO2.